The van der Waals surface area contributed by atoms with E-state index in [1.165, 1.54) is 11.3 Å². The van der Waals surface area contributed by atoms with Crippen LogP contribution in [-0.4, -0.2) is 14.2 Å². The fourth-order valence-electron chi connectivity index (χ4n) is 0.705. The van der Waals surface area contributed by atoms with Gasteiger partial charge in [-0.05, 0) is 24.8 Å². The molecule has 0 aliphatic rings. The van der Waals surface area contributed by atoms with Crippen LogP contribution in [0.1, 0.15) is 12.5 Å². The second-order valence-electron chi connectivity index (χ2n) is 2.47. The lowest BCUT2D eigenvalue weighted by atomic mass is 10.3. The zero-order valence-electron chi connectivity index (χ0n) is 6.99. The number of hydrogen-bond donors (Lipinski definition) is 1. The lowest BCUT2D eigenvalue weighted by Crippen LogP contribution is -2.14. The molecule has 1 aromatic heterocycles. The van der Waals surface area contributed by atoms with E-state index in [1.807, 2.05) is 12.3 Å². The van der Waals surface area contributed by atoms with Gasteiger partial charge < -0.3 is 0 Å². The van der Waals surface area contributed by atoms with Gasteiger partial charge in [-0.3, -0.25) is 4.72 Å². The van der Waals surface area contributed by atoms with E-state index in [9.17, 15) is 8.42 Å². The normalized spacial score (nSPS) is 11.5. The van der Waals surface area contributed by atoms with Crippen molar-refractivity contribution in [3.8, 4) is 0 Å². The lowest BCUT2D eigenvalue weighted by Gasteiger charge is -2.03. The second-order valence-corrected chi connectivity index (χ2v) is 5.23. The van der Waals surface area contributed by atoms with Gasteiger partial charge in [0.2, 0.25) is 10.0 Å². The largest absolute Gasteiger partial charge is 0.282 e. The number of anilines is 1. The fourth-order valence-corrected chi connectivity index (χ4v) is 2.26. The predicted molar refractivity (Wildman–Crippen MR) is 52.1 cm³/mol. The van der Waals surface area contributed by atoms with Gasteiger partial charge in [0, 0.05) is 5.38 Å². The summed E-state index contributed by atoms with van der Waals surface area (Å²) in [5.74, 6) is 0.113. The van der Waals surface area contributed by atoms with Gasteiger partial charge >= 0.3 is 0 Å². The van der Waals surface area contributed by atoms with Crippen LogP contribution < -0.4 is 4.72 Å². The Morgan fingerprint density at radius 1 is 1.50 bits per heavy atom. The maximum absolute atomic E-state index is 11.1. The SMILES string of the molecule is CCS(=O)(=O)Nc1cscc1C. The second kappa shape index (κ2) is 3.45. The van der Waals surface area contributed by atoms with Crippen LogP contribution in [-0.2, 0) is 10.0 Å². The van der Waals surface area contributed by atoms with Crippen molar-refractivity contribution in [2.75, 3.05) is 10.5 Å². The van der Waals surface area contributed by atoms with Crippen molar-refractivity contribution in [3.05, 3.63) is 16.3 Å². The molecular formula is C7H11NO2S2. The first-order valence-electron chi connectivity index (χ1n) is 3.58. The summed E-state index contributed by atoms with van der Waals surface area (Å²) in [4.78, 5) is 0. The Balaban J connectivity index is 2.84. The first-order valence-corrected chi connectivity index (χ1v) is 6.18. The van der Waals surface area contributed by atoms with Gasteiger partial charge in [0.25, 0.3) is 0 Å². The molecule has 0 aliphatic carbocycles. The van der Waals surface area contributed by atoms with Crippen LogP contribution >= 0.6 is 11.3 Å². The molecule has 0 fully saturated rings. The maximum Gasteiger partial charge on any atom is 0.232 e. The maximum atomic E-state index is 11.1. The molecule has 0 saturated carbocycles. The number of rotatable bonds is 3. The summed E-state index contributed by atoms with van der Waals surface area (Å²) in [6.07, 6.45) is 0. The molecule has 1 heterocycles. The molecule has 0 aliphatic heterocycles. The van der Waals surface area contributed by atoms with Crippen LogP contribution in [0, 0.1) is 6.92 Å². The molecule has 0 atom stereocenters. The van der Waals surface area contributed by atoms with Crippen LogP contribution in [0.15, 0.2) is 10.8 Å². The van der Waals surface area contributed by atoms with Gasteiger partial charge in [-0.1, -0.05) is 0 Å². The van der Waals surface area contributed by atoms with Gasteiger partial charge in [-0.25, -0.2) is 8.42 Å². The molecule has 0 bridgehead atoms. The highest BCUT2D eigenvalue weighted by molar-refractivity contribution is 7.92. The van der Waals surface area contributed by atoms with Crippen molar-refractivity contribution in [1.29, 1.82) is 0 Å². The van der Waals surface area contributed by atoms with Crippen molar-refractivity contribution in [1.82, 2.24) is 0 Å². The van der Waals surface area contributed by atoms with Crippen LogP contribution in [0.2, 0.25) is 0 Å². The molecule has 0 saturated heterocycles. The standard InChI is InChI=1S/C7H11NO2S2/c1-3-12(9,10)8-7-5-11-4-6(7)2/h4-5,8H,3H2,1-2H3. The molecule has 1 N–H and O–H groups in total. The summed E-state index contributed by atoms with van der Waals surface area (Å²) in [5, 5.41) is 3.70. The van der Waals surface area contributed by atoms with Crippen molar-refractivity contribution < 1.29 is 8.42 Å². The summed E-state index contributed by atoms with van der Waals surface area (Å²) in [6.45, 7) is 3.49. The molecule has 5 heteroatoms. The zero-order valence-corrected chi connectivity index (χ0v) is 8.63. The quantitative estimate of drug-likeness (QED) is 0.818. The third kappa shape index (κ3) is 2.22. The van der Waals surface area contributed by atoms with Crippen LogP contribution in [0.3, 0.4) is 0 Å². The molecule has 3 nitrogen and oxygen atoms in total. The Labute approximate surface area is 76.5 Å². The molecule has 1 aromatic rings. The van der Waals surface area contributed by atoms with Gasteiger partial charge in [0.05, 0.1) is 11.4 Å². The highest BCUT2D eigenvalue weighted by Gasteiger charge is 2.08. The van der Waals surface area contributed by atoms with Gasteiger partial charge in [-0.15, -0.1) is 11.3 Å². The molecule has 68 valence electrons. The zero-order chi connectivity index (χ0) is 9.19. The highest BCUT2D eigenvalue weighted by atomic mass is 32.2. The molecule has 1 rings (SSSR count). The summed E-state index contributed by atoms with van der Waals surface area (Å²) >= 11 is 1.49. The molecule has 0 unspecified atom stereocenters. The fraction of sp³-hybridized carbons (Fsp3) is 0.429. The summed E-state index contributed by atoms with van der Waals surface area (Å²) in [6, 6.07) is 0. The van der Waals surface area contributed by atoms with E-state index in [4.69, 9.17) is 0 Å². The molecular weight excluding hydrogens is 194 g/mol. The Morgan fingerprint density at radius 2 is 2.17 bits per heavy atom. The van der Waals surface area contributed by atoms with E-state index in [0.29, 0.717) is 5.69 Å². The monoisotopic (exact) mass is 205 g/mol. The Morgan fingerprint density at radius 3 is 2.58 bits per heavy atom. The number of sulfonamides is 1. The molecule has 0 aromatic carbocycles. The van der Waals surface area contributed by atoms with Crippen molar-refractivity contribution in [2.45, 2.75) is 13.8 Å². The van der Waals surface area contributed by atoms with E-state index in [-0.39, 0.29) is 5.75 Å². The van der Waals surface area contributed by atoms with E-state index >= 15 is 0 Å². The lowest BCUT2D eigenvalue weighted by molar-refractivity contribution is 0.602. The van der Waals surface area contributed by atoms with E-state index < -0.39 is 10.0 Å². The van der Waals surface area contributed by atoms with Crippen molar-refractivity contribution in [3.63, 3.8) is 0 Å². The molecule has 12 heavy (non-hydrogen) atoms. The molecule has 0 radical (unpaired) electrons. The van der Waals surface area contributed by atoms with Gasteiger partial charge in [0.1, 0.15) is 0 Å². The highest BCUT2D eigenvalue weighted by Crippen LogP contribution is 2.20. The van der Waals surface area contributed by atoms with E-state index in [1.54, 1.807) is 12.3 Å². The third-order valence-electron chi connectivity index (χ3n) is 1.50. The first-order chi connectivity index (χ1) is 5.55. The predicted octanol–water partition coefficient (Wildman–Crippen LogP) is 1.82. The Kier molecular flexibility index (Phi) is 2.74. The average molecular weight is 205 g/mol. The minimum Gasteiger partial charge on any atom is -0.282 e. The summed E-state index contributed by atoms with van der Waals surface area (Å²) < 4.78 is 24.7. The van der Waals surface area contributed by atoms with Crippen LogP contribution in [0.5, 0.6) is 0 Å². The van der Waals surface area contributed by atoms with Crippen molar-refractivity contribution in [2.24, 2.45) is 0 Å². The van der Waals surface area contributed by atoms with Gasteiger partial charge in [-0.2, -0.15) is 0 Å². The van der Waals surface area contributed by atoms with E-state index in [2.05, 4.69) is 4.72 Å². The third-order valence-corrected chi connectivity index (χ3v) is 3.65. The Bertz CT molecular complexity index is 353. The van der Waals surface area contributed by atoms with Gasteiger partial charge in [0.15, 0.2) is 0 Å². The molecule has 0 spiro atoms. The molecule has 0 amide bonds. The average Bonchev–Trinajstić information content (AvgIpc) is 2.36. The van der Waals surface area contributed by atoms with E-state index in [0.717, 1.165) is 5.56 Å². The van der Waals surface area contributed by atoms with Crippen molar-refractivity contribution >= 4 is 27.0 Å². The first kappa shape index (κ1) is 9.54. The van der Waals surface area contributed by atoms with Crippen LogP contribution in [0.25, 0.3) is 0 Å². The minimum atomic E-state index is -3.11. The number of hydrogen-bond acceptors (Lipinski definition) is 3. The smallest absolute Gasteiger partial charge is 0.232 e. The minimum absolute atomic E-state index is 0.113. The summed E-state index contributed by atoms with van der Waals surface area (Å²) in [7, 11) is -3.11. The number of aryl methyl sites for hydroxylation is 1. The van der Waals surface area contributed by atoms with Crippen LogP contribution in [0.4, 0.5) is 5.69 Å². The number of thiophene rings is 1. The summed E-state index contributed by atoms with van der Waals surface area (Å²) in [5.41, 5.74) is 1.67. The Hall–Kier alpha value is -0.550. The topological polar surface area (TPSA) is 46.2 Å². The number of nitrogens with one attached hydrogen (secondary N) is 1.